The monoisotopic (exact) mass is 645 g/mol. The molecule has 1 aliphatic heterocycles. The molecule has 2 aromatic rings. The number of hydrogen-bond acceptors (Lipinski definition) is 6. The zero-order valence-electron chi connectivity index (χ0n) is 25.2. The molecule has 1 fully saturated rings. The fraction of sp³-hybridized carbons (Fsp3) is 0.457. The Morgan fingerprint density at radius 2 is 1.91 bits per heavy atom. The lowest BCUT2D eigenvalue weighted by Crippen LogP contribution is -2.36. The number of rotatable bonds is 9. The van der Waals surface area contributed by atoms with Gasteiger partial charge in [0.15, 0.2) is 17.3 Å². The van der Waals surface area contributed by atoms with Gasteiger partial charge in [0.1, 0.15) is 6.61 Å². The van der Waals surface area contributed by atoms with Gasteiger partial charge in [-0.2, -0.15) is 5.26 Å². The summed E-state index contributed by atoms with van der Waals surface area (Å²) in [5.41, 5.74) is 5.20. The van der Waals surface area contributed by atoms with Crippen molar-refractivity contribution in [2.24, 2.45) is 5.92 Å². The Balaban J connectivity index is 1.40. The maximum absolute atomic E-state index is 13.4. The van der Waals surface area contributed by atoms with Crippen LogP contribution in [0.25, 0.3) is 0 Å². The van der Waals surface area contributed by atoms with E-state index >= 15 is 0 Å². The summed E-state index contributed by atoms with van der Waals surface area (Å²) in [6, 6.07) is 13.9. The molecule has 1 amide bonds. The number of nitrogens with zero attached hydrogens (tertiary/aromatic N) is 1. The van der Waals surface area contributed by atoms with Crippen LogP contribution < -0.4 is 20.1 Å². The van der Waals surface area contributed by atoms with Crippen LogP contribution in [0.5, 0.6) is 11.5 Å². The van der Waals surface area contributed by atoms with Gasteiger partial charge < -0.3 is 20.1 Å². The summed E-state index contributed by atoms with van der Waals surface area (Å²) in [7, 11) is 0. The lowest BCUT2D eigenvalue weighted by atomic mass is 9.73. The summed E-state index contributed by atoms with van der Waals surface area (Å²) in [5, 5.41) is 16.7. The molecule has 2 N–H and O–H groups in total. The highest BCUT2D eigenvalue weighted by molar-refractivity contribution is 9.10. The van der Waals surface area contributed by atoms with Gasteiger partial charge in [0, 0.05) is 35.0 Å². The predicted molar refractivity (Wildman–Crippen MR) is 170 cm³/mol. The van der Waals surface area contributed by atoms with E-state index in [1.54, 1.807) is 0 Å². The smallest absolute Gasteiger partial charge is 0.251 e. The van der Waals surface area contributed by atoms with Crippen LogP contribution in [0.4, 0.5) is 0 Å². The number of hydrogen-bond donors (Lipinski definition) is 2. The van der Waals surface area contributed by atoms with E-state index < -0.39 is 5.92 Å². The van der Waals surface area contributed by atoms with Crippen molar-refractivity contribution in [1.29, 1.82) is 5.26 Å². The normalized spacial score (nSPS) is 20.7. The number of ketones is 1. The highest BCUT2D eigenvalue weighted by Gasteiger charge is 2.38. The van der Waals surface area contributed by atoms with Crippen LogP contribution in [0.1, 0.15) is 99.5 Å². The van der Waals surface area contributed by atoms with E-state index in [0.29, 0.717) is 51.6 Å². The van der Waals surface area contributed by atoms with Crippen LogP contribution in [0.15, 0.2) is 63.4 Å². The minimum absolute atomic E-state index is 0.0518. The molecule has 2 aliphatic carbocycles. The maximum Gasteiger partial charge on any atom is 0.251 e. The van der Waals surface area contributed by atoms with Crippen molar-refractivity contribution in [3.05, 3.63) is 80.1 Å². The first kappa shape index (κ1) is 30.9. The number of dihydropyridines is 1. The molecule has 43 heavy (non-hydrogen) atoms. The van der Waals surface area contributed by atoms with Crippen LogP contribution in [0.2, 0.25) is 0 Å². The first-order chi connectivity index (χ1) is 20.8. The fourth-order valence-electron chi connectivity index (χ4n) is 6.52. The molecule has 2 unspecified atom stereocenters. The number of halogens is 1. The minimum Gasteiger partial charge on any atom is -0.490 e. The van der Waals surface area contributed by atoms with E-state index in [1.807, 2.05) is 50.2 Å². The molecule has 1 saturated carbocycles. The van der Waals surface area contributed by atoms with Gasteiger partial charge in [-0.15, -0.1) is 0 Å². The third-order valence-corrected chi connectivity index (χ3v) is 9.38. The molecule has 0 bridgehead atoms. The second kappa shape index (κ2) is 13.8. The Morgan fingerprint density at radius 3 is 2.63 bits per heavy atom. The van der Waals surface area contributed by atoms with Crippen LogP contribution in [0, 0.1) is 17.2 Å². The Hall–Kier alpha value is -3.57. The van der Waals surface area contributed by atoms with Crippen molar-refractivity contribution in [1.82, 2.24) is 10.6 Å². The molecule has 0 radical (unpaired) electrons. The number of ether oxygens (including phenoxy) is 2. The second-order valence-electron chi connectivity index (χ2n) is 11.8. The molecular formula is C35H40BrN3O4. The SMILES string of the molecule is CCOc1cc(C2C(C#N)=C(C)NC3=C2C(=O)CC(CC)C3)cc(Br)c1OCc1cccc(C(=O)NC2CCCCC2)c1. The zero-order valence-corrected chi connectivity index (χ0v) is 26.8. The molecule has 5 rings (SSSR count). The zero-order chi connectivity index (χ0) is 30.5. The second-order valence-corrected chi connectivity index (χ2v) is 12.6. The lowest BCUT2D eigenvalue weighted by molar-refractivity contribution is -0.117. The Bertz CT molecular complexity index is 1500. The van der Waals surface area contributed by atoms with Crippen molar-refractivity contribution >= 4 is 27.6 Å². The molecule has 2 aromatic carbocycles. The van der Waals surface area contributed by atoms with E-state index in [2.05, 4.69) is 39.6 Å². The number of benzene rings is 2. The summed E-state index contributed by atoms with van der Waals surface area (Å²) < 4.78 is 13.0. The van der Waals surface area contributed by atoms with E-state index in [9.17, 15) is 14.9 Å². The van der Waals surface area contributed by atoms with Gasteiger partial charge in [-0.05, 0) is 90.4 Å². The third-order valence-electron chi connectivity index (χ3n) is 8.79. The predicted octanol–water partition coefficient (Wildman–Crippen LogP) is 7.62. The van der Waals surface area contributed by atoms with Crippen molar-refractivity contribution in [2.45, 2.75) is 90.7 Å². The molecule has 1 heterocycles. The number of carbonyl (C=O) groups is 2. The first-order valence-corrected chi connectivity index (χ1v) is 16.2. The van der Waals surface area contributed by atoms with Gasteiger partial charge in [-0.1, -0.05) is 44.7 Å². The molecule has 8 heteroatoms. The Kier molecular flexibility index (Phi) is 9.92. The number of allylic oxidation sites excluding steroid dienone is 4. The fourth-order valence-corrected chi connectivity index (χ4v) is 7.10. The van der Waals surface area contributed by atoms with Gasteiger partial charge in [0.2, 0.25) is 0 Å². The standard InChI is InChI=1S/C35H40BrN3O4/c1-4-22-15-29-33(30(40)16-22)32(27(19-37)21(3)38-29)25-17-28(36)34(31(18-25)42-5-2)43-20-23-10-9-11-24(14-23)35(41)39-26-12-7-6-8-13-26/h9-11,14,17-18,22,26,32,38H,4-8,12-13,15-16,20H2,1-3H3,(H,39,41). The largest absolute Gasteiger partial charge is 0.490 e. The number of nitrogens with one attached hydrogen (secondary N) is 2. The van der Waals surface area contributed by atoms with Gasteiger partial charge in [0.25, 0.3) is 5.91 Å². The third kappa shape index (κ3) is 6.83. The van der Waals surface area contributed by atoms with Gasteiger partial charge >= 0.3 is 0 Å². The molecule has 0 aromatic heterocycles. The van der Waals surface area contributed by atoms with Gasteiger partial charge in [-0.25, -0.2) is 0 Å². The first-order valence-electron chi connectivity index (χ1n) is 15.5. The summed E-state index contributed by atoms with van der Waals surface area (Å²) in [6.07, 6.45) is 7.85. The van der Waals surface area contributed by atoms with Crippen molar-refractivity contribution in [3.63, 3.8) is 0 Å². The molecule has 2 atom stereocenters. The number of carbonyl (C=O) groups excluding carboxylic acids is 2. The molecule has 0 spiro atoms. The number of nitriles is 1. The average molecular weight is 647 g/mol. The molecule has 0 saturated heterocycles. The highest BCUT2D eigenvalue weighted by Crippen LogP contribution is 2.47. The van der Waals surface area contributed by atoms with Gasteiger partial charge in [0.05, 0.1) is 28.6 Å². The van der Waals surface area contributed by atoms with Crippen molar-refractivity contribution in [3.8, 4) is 17.6 Å². The van der Waals surface area contributed by atoms with Crippen LogP contribution in [-0.2, 0) is 11.4 Å². The van der Waals surface area contributed by atoms with E-state index in [0.717, 1.165) is 61.0 Å². The van der Waals surface area contributed by atoms with E-state index in [1.165, 1.54) is 6.42 Å². The quantitative estimate of drug-likeness (QED) is 0.291. The summed E-state index contributed by atoms with van der Waals surface area (Å²) in [6.45, 7) is 6.57. The highest BCUT2D eigenvalue weighted by atomic mass is 79.9. The van der Waals surface area contributed by atoms with Crippen LogP contribution in [0.3, 0.4) is 0 Å². The number of Topliss-reactive ketones (excluding diaryl/α,β-unsaturated/α-hetero) is 1. The minimum atomic E-state index is -0.476. The van der Waals surface area contributed by atoms with Crippen LogP contribution >= 0.6 is 15.9 Å². The average Bonchev–Trinajstić information content (AvgIpc) is 3.00. The molecular weight excluding hydrogens is 606 g/mol. The van der Waals surface area contributed by atoms with Crippen LogP contribution in [-0.4, -0.2) is 24.3 Å². The Morgan fingerprint density at radius 1 is 1.12 bits per heavy atom. The number of amides is 1. The Labute approximate surface area is 262 Å². The van der Waals surface area contributed by atoms with Crippen molar-refractivity contribution in [2.75, 3.05) is 6.61 Å². The van der Waals surface area contributed by atoms with Gasteiger partial charge in [-0.3, -0.25) is 9.59 Å². The summed E-state index contributed by atoms with van der Waals surface area (Å²) in [4.78, 5) is 26.3. The lowest BCUT2D eigenvalue weighted by Gasteiger charge is -2.35. The van der Waals surface area contributed by atoms with Crippen molar-refractivity contribution < 1.29 is 19.1 Å². The molecule has 226 valence electrons. The van der Waals surface area contributed by atoms with E-state index in [4.69, 9.17) is 9.47 Å². The molecule has 3 aliphatic rings. The topological polar surface area (TPSA) is 100 Å². The maximum atomic E-state index is 13.4. The molecule has 7 nitrogen and oxygen atoms in total. The summed E-state index contributed by atoms with van der Waals surface area (Å²) in [5.74, 6) is 0.927. The summed E-state index contributed by atoms with van der Waals surface area (Å²) >= 11 is 3.70. The van der Waals surface area contributed by atoms with E-state index in [-0.39, 0.29) is 24.3 Å².